The summed E-state index contributed by atoms with van der Waals surface area (Å²) in [7, 11) is 0. The molecule has 5 nitrogen and oxygen atoms in total. The van der Waals surface area contributed by atoms with Crippen LogP contribution in [0.4, 0.5) is 36.8 Å². The number of halogens is 6. The first-order valence-electron chi connectivity index (χ1n) is 10.7. The zero-order valence-electron chi connectivity index (χ0n) is 18.7. The fourth-order valence-corrected chi connectivity index (χ4v) is 4.01. The number of anilines is 1. The number of piperazine rings is 1. The Balaban J connectivity index is 2.06. The van der Waals surface area contributed by atoms with Crippen LogP contribution in [0.3, 0.4) is 0 Å². The Hall–Kier alpha value is -3.21. The normalized spacial score (nSPS) is 15.6. The van der Waals surface area contributed by atoms with Gasteiger partial charge < -0.3 is 19.6 Å². The zero-order chi connectivity index (χ0) is 25.9. The fraction of sp³-hybridized carbons (Fsp3) is 0.375. The summed E-state index contributed by atoms with van der Waals surface area (Å²) in [6.45, 7) is 1.47. The topological polar surface area (TPSA) is 53.0 Å². The van der Waals surface area contributed by atoms with Gasteiger partial charge in [0.05, 0.1) is 6.61 Å². The number of carbonyl (C=O) groups is 1. The Kier molecular flexibility index (Phi) is 7.68. The highest BCUT2D eigenvalue weighted by Gasteiger charge is 2.73. The average molecular weight is 502 g/mol. The van der Waals surface area contributed by atoms with Gasteiger partial charge in [0.25, 0.3) is 5.60 Å². The van der Waals surface area contributed by atoms with Crippen LogP contribution in [-0.2, 0) is 16.9 Å². The first kappa shape index (κ1) is 26.4. The minimum absolute atomic E-state index is 0.134. The van der Waals surface area contributed by atoms with Crippen LogP contribution in [0.5, 0.6) is 0 Å². The maximum Gasteiger partial charge on any atom is 0.430 e. The van der Waals surface area contributed by atoms with Crippen molar-refractivity contribution in [3.63, 3.8) is 0 Å². The van der Waals surface area contributed by atoms with Gasteiger partial charge in [0.1, 0.15) is 0 Å². The summed E-state index contributed by atoms with van der Waals surface area (Å²) in [6.07, 6.45) is -9.78. The minimum Gasteiger partial charge on any atom is -0.465 e. The van der Waals surface area contributed by atoms with Crippen LogP contribution < -0.4 is 4.90 Å². The van der Waals surface area contributed by atoms with Gasteiger partial charge in [0.2, 0.25) is 0 Å². The Morgan fingerprint density at radius 1 is 0.971 bits per heavy atom. The Morgan fingerprint density at radius 3 is 2.09 bits per heavy atom. The van der Waals surface area contributed by atoms with Crippen molar-refractivity contribution in [1.29, 1.82) is 0 Å². The highest BCUT2D eigenvalue weighted by atomic mass is 19.4. The minimum atomic E-state index is -5.80. The van der Waals surface area contributed by atoms with Crippen molar-refractivity contribution in [2.75, 3.05) is 31.1 Å². The van der Waals surface area contributed by atoms with E-state index in [-0.39, 0.29) is 37.3 Å². The number of alkyl halides is 6. The molecule has 0 radical (unpaired) electrons. The third-order valence-electron chi connectivity index (χ3n) is 5.77. The number of ether oxygens (including phenoxy) is 1. The number of nitrogens with zero attached hydrogens (tertiary/aromatic N) is 2. The number of amides is 1. The lowest BCUT2D eigenvalue weighted by molar-refractivity contribution is -0.392. The molecule has 2 aromatic carbocycles. The molecule has 0 aliphatic carbocycles. The van der Waals surface area contributed by atoms with E-state index in [0.717, 1.165) is 12.1 Å². The average Bonchev–Trinajstić information content (AvgIpc) is 2.79. The molecule has 0 aromatic heterocycles. The monoisotopic (exact) mass is 502 g/mol. The van der Waals surface area contributed by atoms with Gasteiger partial charge >= 0.3 is 18.4 Å². The summed E-state index contributed by atoms with van der Waals surface area (Å²) in [5.74, 6) is 0. The second-order valence-corrected chi connectivity index (χ2v) is 7.98. The van der Waals surface area contributed by atoms with Gasteiger partial charge in [-0.1, -0.05) is 48.6 Å². The maximum atomic E-state index is 14.2. The molecule has 190 valence electrons. The number of hydrogen-bond donors (Lipinski definition) is 1. The van der Waals surface area contributed by atoms with Gasteiger partial charge in [0.15, 0.2) is 0 Å². The molecule has 2 aromatic rings. The van der Waals surface area contributed by atoms with Crippen molar-refractivity contribution in [3.05, 3.63) is 71.3 Å². The molecule has 0 bridgehead atoms. The van der Waals surface area contributed by atoms with Crippen LogP contribution in [-0.4, -0.2) is 54.6 Å². The van der Waals surface area contributed by atoms with Gasteiger partial charge in [-0.05, 0) is 30.2 Å². The molecule has 1 aliphatic heterocycles. The number of carboxylic acid groups (broad SMARTS) is 1. The number of benzene rings is 2. The molecular formula is C24H24F6N2O3. The maximum absolute atomic E-state index is 14.2. The van der Waals surface area contributed by atoms with Gasteiger partial charge in [-0.3, -0.25) is 0 Å². The second-order valence-electron chi connectivity index (χ2n) is 7.98. The van der Waals surface area contributed by atoms with E-state index >= 15 is 0 Å². The van der Waals surface area contributed by atoms with E-state index in [1.165, 1.54) is 47.4 Å². The molecule has 1 fully saturated rings. The third kappa shape index (κ3) is 5.39. The lowest BCUT2D eigenvalue weighted by Crippen LogP contribution is -2.56. The van der Waals surface area contributed by atoms with Crippen molar-refractivity contribution in [3.8, 4) is 0 Å². The Bertz CT molecular complexity index is 1030. The fourth-order valence-electron chi connectivity index (χ4n) is 4.01. The van der Waals surface area contributed by atoms with Gasteiger partial charge in [-0.15, -0.1) is 0 Å². The van der Waals surface area contributed by atoms with E-state index in [4.69, 9.17) is 9.84 Å². The van der Waals surface area contributed by atoms with Crippen LogP contribution >= 0.6 is 0 Å². The van der Waals surface area contributed by atoms with E-state index in [1.807, 2.05) is 0 Å². The summed E-state index contributed by atoms with van der Waals surface area (Å²) in [5.41, 5.74) is -4.94. The van der Waals surface area contributed by atoms with E-state index in [1.54, 1.807) is 17.9 Å². The van der Waals surface area contributed by atoms with E-state index in [2.05, 4.69) is 0 Å². The van der Waals surface area contributed by atoms with Crippen LogP contribution in [0, 0.1) is 0 Å². The standard InChI is InChI=1S/C24H24F6N2O3/c1-2-6-18-15-19(9-10-20(18)31-11-13-32(14-12-31)21(33)34)22(23(25,26)27,24(28,29)30)35-16-17-7-4-3-5-8-17/h2-10,15H,11-14,16H2,1H3,(H,33,34)/b6-2-. The Morgan fingerprint density at radius 2 is 1.57 bits per heavy atom. The summed E-state index contributed by atoms with van der Waals surface area (Å²) in [6, 6.07) is 10.1. The van der Waals surface area contributed by atoms with Crippen molar-refractivity contribution in [1.82, 2.24) is 4.90 Å². The van der Waals surface area contributed by atoms with Crippen LogP contribution in [0.15, 0.2) is 54.6 Å². The lowest BCUT2D eigenvalue weighted by atomic mass is 9.89. The number of allylic oxidation sites excluding steroid dienone is 1. The molecule has 11 heteroatoms. The van der Waals surface area contributed by atoms with Gasteiger partial charge in [-0.25, -0.2) is 4.79 Å². The molecule has 0 spiro atoms. The molecule has 1 saturated heterocycles. The summed E-state index contributed by atoms with van der Waals surface area (Å²) < 4.78 is 90.0. The first-order chi connectivity index (χ1) is 16.4. The van der Waals surface area contributed by atoms with Gasteiger partial charge in [0, 0.05) is 37.4 Å². The SMILES string of the molecule is C/C=C\c1cc(C(OCc2ccccc2)(C(F)(F)F)C(F)(F)F)ccc1N1CCN(C(=O)O)CC1. The van der Waals surface area contributed by atoms with Crippen molar-refractivity contribution in [2.45, 2.75) is 31.5 Å². The largest absolute Gasteiger partial charge is 0.465 e. The molecule has 1 N–H and O–H groups in total. The molecule has 35 heavy (non-hydrogen) atoms. The Labute approximate surface area is 198 Å². The molecule has 1 aliphatic rings. The van der Waals surface area contributed by atoms with Crippen LogP contribution in [0.2, 0.25) is 0 Å². The van der Waals surface area contributed by atoms with E-state index in [0.29, 0.717) is 5.69 Å². The molecular weight excluding hydrogens is 478 g/mol. The van der Waals surface area contributed by atoms with E-state index < -0.39 is 36.2 Å². The van der Waals surface area contributed by atoms with Crippen molar-refractivity contribution >= 4 is 17.9 Å². The molecule has 1 heterocycles. The molecule has 0 unspecified atom stereocenters. The second kappa shape index (κ2) is 10.2. The number of hydrogen-bond acceptors (Lipinski definition) is 3. The molecule has 1 amide bonds. The summed E-state index contributed by atoms with van der Waals surface area (Å²) >= 11 is 0. The van der Waals surface area contributed by atoms with Gasteiger partial charge in [-0.2, -0.15) is 26.3 Å². The molecule has 3 rings (SSSR count). The molecule has 0 atom stereocenters. The highest BCUT2D eigenvalue weighted by Crippen LogP contribution is 2.54. The van der Waals surface area contributed by atoms with Crippen molar-refractivity contribution < 1.29 is 41.0 Å². The predicted molar refractivity (Wildman–Crippen MR) is 118 cm³/mol. The summed E-state index contributed by atoms with van der Waals surface area (Å²) in [5, 5.41) is 9.11. The van der Waals surface area contributed by atoms with Crippen LogP contribution in [0.1, 0.15) is 23.6 Å². The highest BCUT2D eigenvalue weighted by molar-refractivity contribution is 5.70. The lowest BCUT2D eigenvalue weighted by Gasteiger charge is -2.39. The summed E-state index contributed by atoms with van der Waals surface area (Å²) in [4.78, 5) is 14.1. The first-order valence-corrected chi connectivity index (χ1v) is 10.7. The number of rotatable bonds is 6. The predicted octanol–water partition coefficient (Wildman–Crippen LogP) is 6.06. The van der Waals surface area contributed by atoms with E-state index in [9.17, 15) is 31.1 Å². The molecule has 0 saturated carbocycles. The van der Waals surface area contributed by atoms with Crippen molar-refractivity contribution in [2.24, 2.45) is 0 Å². The van der Waals surface area contributed by atoms with Crippen LogP contribution in [0.25, 0.3) is 6.08 Å². The third-order valence-corrected chi connectivity index (χ3v) is 5.77. The zero-order valence-corrected chi connectivity index (χ0v) is 18.7. The smallest absolute Gasteiger partial charge is 0.430 e. The quantitative estimate of drug-likeness (QED) is 0.489.